The number of rotatable bonds is 6. The smallest absolute Gasteiger partial charge is 0.252 e. The van der Waals surface area contributed by atoms with E-state index >= 15 is 0 Å². The van der Waals surface area contributed by atoms with E-state index in [0.717, 1.165) is 35.3 Å². The van der Waals surface area contributed by atoms with Crippen molar-refractivity contribution < 1.29 is 9.59 Å². The molecule has 2 amide bonds. The van der Waals surface area contributed by atoms with E-state index in [4.69, 9.17) is 4.98 Å². The van der Waals surface area contributed by atoms with E-state index in [0.29, 0.717) is 22.8 Å². The second kappa shape index (κ2) is 8.61. The lowest BCUT2D eigenvalue weighted by molar-refractivity contribution is -0.115. The first-order valence-electron chi connectivity index (χ1n) is 11.6. The van der Waals surface area contributed by atoms with Gasteiger partial charge in [-0.25, -0.2) is 19.3 Å². The number of carbonyl (C=O) groups excluding carboxylic acids is 2. The zero-order valence-electron chi connectivity index (χ0n) is 20.2. The van der Waals surface area contributed by atoms with Crippen molar-refractivity contribution in [3.05, 3.63) is 59.9 Å². The maximum Gasteiger partial charge on any atom is 0.252 e. The molecule has 1 aromatic carbocycles. The van der Waals surface area contributed by atoms with Crippen molar-refractivity contribution in [2.75, 3.05) is 11.9 Å². The number of carbonyl (C=O) groups is 2. The molecule has 2 N–H and O–H groups in total. The summed E-state index contributed by atoms with van der Waals surface area (Å²) < 4.78 is 3.51. The Morgan fingerprint density at radius 3 is 2.51 bits per heavy atom. The Hall–Kier alpha value is -4.08. The average Bonchev–Trinajstić information content (AvgIpc) is 3.41. The number of benzene rings is 1. The van der Waals surface area contributed by atoms with Crippen LogP contribution in [0.3, 0.4) is 0 Å². The highest BCUT2D eigenvalue weighted by molar-refractivity contribution is 6.08. The lowest BCUT2D eigenvalue weighted by Gasteiger charge is -2.20. The summed E-state index contributed by atoms with van der Waals surface area (Å²) in [4.78, 5) is 34.6. The van der Waals surface area contributed by atoms with Crippen LogP contribution in [0.2, 0.25) is 0 Å². The van der Waals surface area contributed by atoms with Crippen molar-refractivity contribution in [2.45, 2.75) is 52.0 Å². The highest BCUT2D eigenvalue weighted by Crippen LogP contribution is 2.41. The molecule has 3 aromatic heterocycles. The lowest BCUT2D eigenvalue weighted by Crippen LogP contribution is -2.33. The van der Waals surface area contributed by atoms with Crippen LogP contribution in [-0.4, -0.2) is 47.9 Å². The molecule has 0 spiro atoms. The number of hydrogen-bond donors (Lipinski definition) is 2. The number of amides is 2. The Kier molecular flexibility index (Phi) is 5.58. The number of fused-ring (bicyclic) bond motifs is 1. The number of anilines is 1. The first-order chi connectivity index (χ1) is 16.7. The standard InChI is InChI=1S/C25H28N8O2/c1-15-22-19(11-20(16-5-6-16)30-23(22)33(31-15)25(2,3)4)24(35)27-12-21(34)29-17-7-9-18(10-8-17)32-14-26-13-28-32/h7-11,13-14,16H,5-6,12H2,1-4H3,(H,27,35)(H,29,34). The minimum atomic E-state index is -0.318. The second-order valence-electron chi connectivity index (χ2n) is 9.85. The zero-order valence-corrected chi connectivity index (χ0v) is 20.2. The molecule has 35 heavy (non-hydrogen) atoms. The predicted molar refractivity (Wildman–Crippen MR) is 132 cm³/mol. The van der Waals surface area contributed by atoms with E-state index in [-0.39, 0.29) is 23.9 Å². The summed E-state index contributed by atoms with van der Waals surface area (Å²) in [6, 6.07) is 9.06. The molecule has 10 nitrogen and oxygen atoms in total. The van der Waals surface area contributed by atoms with E-state index < -0.39 is 0 Å². The summed E-state index contributed by atoms with van der Waals surface area (Å²) in [5.74, 6) is -0.257. The molecule has 0 radical (unpaired) electrons. The zero-order chi connectivity index (χ0) is 24.7. The van der Waals surface area contributed by atoms with Crippen molar-refractivity contribution in [1.82, 2.24) is 34.8 Å². The van der Waals surface area contributed by atoms with Gasteiger partial charge >= 0.3 is 0 Å². The summed E-state index contributed by atoms with van der Waals surface area (Å²) in [6.07, 6.45) is 5.19. The van der Waals surface area contributed by atoms with E-state index in [2.05, 4.69) is 46.6 Å². The molecule has 5 rings (SSSR count). The summed E-state index contributed by atoms with van der Waals surface area (Å²) in [5, 5.41) is 15.1. The van der Waals surface area contributed by atoms with E-state index in [1.165, 1.54) is 6.33 Å². The monoisotopic (exact) mass is 472 g/mol. The van der Waals surface area contributed by atoms with Gasteiger partial charge in [-0.2, -0.15) is 10.2 Å². The van der Waals surface area contributed by atoms with Crippen molar-refractivity contribution >= 4 is 28.5 Å². The molecule has 1 fully saturated rings. The van der Waals surface area contributed by atoms with Gasteiger partial charge in [0.05, 0.1) is 34.4 Å². The van der Waals surface area contributed by atoms with E-state index in [1.54, 1.807) is 23.1 Å². The summed E-state index contributed by atoms with van der Waals surface area (Å²) >= 11 is 0. The van der Waals surface area contributed by atoms with Crippen LogP contribution in [-0.2, 0) is 10.3 Å². The fourth-order valence-electron chi connectivity index (χ4n) is 4.04. The Morgan fingerprint density at radius 1 is 1.14 bits per heavy atom. The Bertz CT molecular complexity index is 1390. The van der Waals surface area contributed by atoms with Gasteiger partial charge in [0.15, 0.2) is 5.65 Å². The topological polar surface area (TPSA) is 120 Å². The van der Waals surface area contributed by atoms with Crippen LogP contribution in [0, 0.1) is 6.92 Å². The largest absolute Gasteiger partial charge is 0.343 e. The molecule has 1 aliphatic carbocycles. The summed E-state index contributed by atoms with van der Waals surface area (Å²) in [7, 11) is 0. The maximum atomic E-state index is 13.2. The molecule has 4 aromatic rings. The molecule has 0 saturated heterocycles. The number of aromatic nitrogens is 6. The SMILES string of the molecule is Cc1nn(C(C)(C)C)c2nc(C3CC3)cc(C(=O)NCC(=O)Nc3ccc(-n4cncn4)cc3)c12. The molecule has 0 atom stereocenters. The number of nitrogens with zero attached hydrogens (tertiary/aromatic N) is 6. The van der Waals surface area contributed by atoms with Gasteiger partial charge in [-0.3, -0.25) is 9.59 Å². The number of hydrogen-bond acceptors (Lipinski definition) is 6. The third-order valence-corrected chi connectivity index (χ3v) is 5.95. The van der Waals surface area contributed by atoms with Gasteiger partial charge in [0, 0.05) is 17.3 Å². The molecular formula is C25H28N8O2. The van der Waals surface area contributed by atoms with E-state index in [1.807, 2.05) is 29.8 Å². The molecule has 0 unspecified atom stereocenters. The third kappa shape index (κ3) is 4.64. The number of nitrogens with one attached hydrogen (secondary N) is 2. The van der Waals surface area contributed by atoms with Crippen molar-refractivity contribution in [3.63, 3.8) is 0 Å². The summed E-state index contributed by atoms with van der Waals surface area (Å²) in [6.45, 7) is 7.92. The van der Waals surface area contributed by atoms with Crippen LogP contribution in [0.15, 0.2) is 43.0 Å². The number of aryl methyl sites for hydroxylation is 1. The van der Waals surface area contributed by atoms with Crippen LogP contribution < -0.4 is 10.6 Å². The molecule has 10 heteroatoms. The maximum absolute atomic E-state index is 13.2. The molecule has 0 bridgehead atoms. The lowest BCUT2D eigenvalue weighted by atomic mass is 10.1. The minimum Gasteiger partial charge on any atom is -0.343 e. The molecule has 1 aliphatic rings. The van der Waals surface area contributed by atoms with Crippen LogP contribution in [0.5, 0.6) is 0 Å². The van der Waals surface area contributed by atoms with Crippen molar-refractivity contribution in [2.24, 2.45) is 0 Å². The molecule has 0 aliphatic heterocycles. The van der Waals surface area contributed by atoms with Gasteiger partial charge in [-0.15, -0.1) is 0 Å². The predicted octanol–water partition coefficient (Wildman–Crippen LogP) is 3.32. The molecule has 3 heterocycles. The van der Waals surface area contributed by atoms with Crippen molar-refractivity contribution in [1.29, 1.82) is 0 Å². The molecule has 1 saturated carbocycles. The fraction of sp³-hybridized carbons (Fsp3) is 0.360. The Balaban J connectivity index is 1.32. The van der Waals surface area contributed by atoms with Gasteiger partial charge in [-0.1, -0.05) is 0 Å². The third-order valence-electron chi connectivity index (χ3n) is 5.95. The highest BCUT2D eigenvalue weighted by atomic mass is 16.2. The fourth-order valence-corrected chi connectivity index (χ4v) is 4.04. The molecule has 180 valence electrons. The quantitative estimate of drug-likeness (QED) is 0.444. The van der Waals surface area contributed by atoms with Crippen LogP contribution >= 0.6 is 0 Å². The van der Waals surface area contributed by atoms with Gasteiger partial charge < -0.3 is 10.6 Å². The van der Waals surface area contributed by atoms with Gasteiger partial charge in [0.1, 0.15) is 12.7 Å². The first-order valence-corrected chi connectivity index (χ1v) is 11.6. The molecular weight excluding hydrogens is 444 g/mol. The van der Waals surface area contributed by atoms with Gasteiger partial charge in [-0.05, 0) is 70.9 Å². The normalized spacial score (nSPS) is 13.7. The van der Waals surface area contributed by atoms with Crippen LogP contribution in [0.4, 0.5) is 5.69 Å². The van der Waals surface area contributed by atoms with E-state index in [9.17, 15) is 9.59 Å². The van der Waals surface area contributed by atoms with Crippen molar-refractivity contribution in [3.8, 4) is 5.69 Å². The Labute approximate surface area is 202 Å². The van der Waals surface area contributed by atoms with Gasteiger partial charge in [0.25, 0.3) is 5.91 Å². The second-order valence-corrected chi connectivity index (χ2v) is 9.85. The van der Waals surface area contributed by atoms with Crippen LogP contribution in [0.25, 0.3) is 16.7 Å². The number of pyridine rings is 1. The Morgan fingerprint density at radius 2 is 1.89 bits per heavy atom. The van der Waals surface area contributed by atoms with Gasteiger partial charge in [0.2, 0.25) is 5.91 Å². The highest BCUT2D eigenvalue weighted by Gasteiger charge is 2.30. The first kappa shape index (κ1) is 22.7. The average molecular weight is 473 g/mol. The van der Waals surface area contributed by atoms with Crippen LogP contribution in [0.1, 0.15) is 61.3 Å². The summed E-state index contributed by atoms with van der Waals surface area (Å²) in [5.41, 5.74) is 4.04. The minimum absolute atomic E-state index is 0.154.